The predicted molar refractivity (Wildman–Crippen MR) is 69.6 cm³/mol. The summed E-state index contributed by atoms with van der Waals surface area (Å²) in [6, 6.07) is 5.00. The van der Waals surface area contributed by atoms with Gasteiger partial charge in [0.15, 0.2) is 11.8 Å². The van der Waals surface area contributed by atoms with E-state index in [1.807, 2.05) is 6.07 Å². The summed E-state index contributed by atoms with van der Waals surface area (Å²) in [5.74, 6) is -0.761. The third kappa shape index (κ3) is 2.51. The molecule has 3 rings (SSSR count). The molecule has 0 radical (unpaired) electrons. The molecule has 8 nitrogen and oxygen atoms in total. The van der Waals surface area contributed by atoms with E-state index in [0.717, 1.165) is 0 Å². The van der Waals surface area contributed by atoms with Crippen LogP contribution in [0.5, 0.6) is 0 Å². The molecule has 1 saturated heterocycles. The summed E-state index contributed by atoms with van der Waals surface area (Å²) in [5.41, 5.74) is 0.142. The van der Waals surface area contributed by atoms with Crippen LogP contribution in [0.25, 0.3) is 5.65 Å². The van der Waals surface area contributed by atoms with E-state index in [1.165, 1.54) is 22.7 Å². The molecular formula is C13H12N4O4. The van der Waals surface area contributed by atoms with Gasteiger partial charge < -0.3 is 9.47 Å². The Kier molecular flexibility index (Phi) is 3.41. The molecule has 2 aromatic heterocycles. The summed E-state index contributed by atoms with van der Waals surface area (Å²) in [7, 11) is 0. The third-order valence-electron chi connectivity index (χ3n) is 3.40. The van der Waals surface area contributed by atoms with Crippen molar-refractivity contribution in [3.63, 3.8) is 0 Å². The molecule has 1 fully saturated rings. The lowest BCUT2D eigenvalue weighted by Crippen LogP contribution is -2.26. The molecule has 0 aliphatic carbocycles. The molecule has 0 saturated carbocycles. The minimum absolute atomic E-state index is 0.112. The maximum atomic E-state index is 12.1. The van der Waals surface area contributed by atoms with Crippen LogP contribution in [0, 0.1) is 17.2 Å². The fraction of sp³-hybridized carbons (Fsp3) is 0.385. The number of hydrogen-bond acceptors (Lipinski definition) is 6. The number of fused-ring (bicyclic) bond motifs is 1. The van der Waals surface area contributed by atoms with Crippen molar-refractivity contribution in [1.29, 1.82) is 5.26 Å². The smallest absolute Gasteiger partial charge is 0.347 e. The average molecular weight is 288 g/mol. The molecule has 0 spiro atoms. The van der Waals surface area contributed by atoms with E-state index in [2.05, 4.69) is 10.2 Å². The summed E-state index contributed by atoms with van der Waals surface area (Å²) < 4.78 is 11.6. The molecule has 21 heavy (non-hydrogen) atoms. The normalized spacial score (nSPS) is 19.3. The Morgan fingerprint density at radius 3 is 3.19 bits per heavy atom. The second-order valence-corrected chi connectivity index (χ2v) is 4.75. The molecule has 1 N–H and O–H groups in total. The maximum absolute atomic E-state index is 12.1. The van der Waals surface area contributed by atoms with Crippen LogP contribution in [0.1, 0.15) is 16.8 Å². The van der Waals surface area contributed by atoms with Crippen LogP contribution in [-0.2, 0) is 9.47 Å². The molecule has 2 unspecified atom stereocenters. The molecule has 1 aliphatic rings. The Balaban J connectivity index is 1.81. The Labute approximate surface area is 118 Å². The highest BCUT2D eigenvalue weighted by molar-refractivity contribution is 5.89. The van der Waals surface area contributed by atoms with Crippen LogP contribution in [0.4, 0.5) is 0 Å². The Morgan fingerprint density at radius 2 is 2.48 bits per heavy atom. The molecule has 0 amide bonds. The van der Waals surface area contributed by atoms with Crippen molar-refractivity contribution >= 4 is 11.6 Å². The molecule has 1 aliphatic heterocycles. The van der Waals surface area contributed by atoms with Crippen molar-refractivity contribution in [3.8, 4) is 6.07 Å². The van der Waals surface area contributed by atoms with Gasteiger partial charge in [-0.15, -0.1) is 0 Å². The number of nitrogens with zero attached hydrogens (tertiary/aromatic N) is 3. The number of esters is 1. The summed E-state index contributed by atoms with van der Waals surface area (Å²) in [5, 5.41) is 15.2. The van der Waals surface area contributed by atoms with Crippen molar-refractivity contribution in [2.75, 3.05) is 13.2 Å². The quantitative estimate of drug-likeness (QED) is 0.803. The van der Waals surface area contributed by atoms with Gasteiger partial charge in [-0.25, -0.2) is 19.1 Å². The van der Waals surface area contributed by atoms with Crippen LogP contribution in [0.3, 0.4) is 0 Å². The maximum Gasteiger partial charge on any atom is 0.347 e. The summed E-state index contributed by atoms with van der Waals surface area (Å²) in [6.45, 7) is 0.975. The van der Waals surface area contributed by atoms with Gasteiger partial charge in [-0.05, 0) is 18.6 Å². The van der Waals surface area contributed by atoms with Gasteiger partial charge in [0.25, 0.3) is 0 Å². The van der Waals surface area contributed by atoms with Crippen LogP contribution in [0.2, 0.25) is 0 Å². The minimum Gasteiger partial charge on any atom is -0.443 e. The highest BCUT2D eigenvalue weighted by Crippen LogP contribution is 2.20. The van der Waals surface area contributed by atoms with E-state index >= 15 is 0 Å². The van der Waals surface area contributed by atoms with Gasteiger partial charge in [-0.2, -0.15) is 10.4 Å². The largest absolute Gasteiger partial charge is 0.443 e. The number of aromatic nitrogens is 3. The molecular weight excluding hydrogens is 276 g/mol. The van der Waals surface area contributed by atoms with Crippen LogP contribution >= 0.6 is 0 Å². The van der Waals surface area contributed by atoms with Gasteiger partial charge in [0.05, 0.1) is 12.2 Å². The van der Waals surface area contributed by atoms with Gasteiger partial charge in [0.1, 0.15) is 6.07 Å². The summed E-state index contributed by atoms with van der Waals surface area (Å²) in [6.07, 6.45) is 1.17. The summed E-state index contributed by atoms with van der Waals surface area (Å²) in [4.78, 5) is 23.6. The number of carbonyl (C=O) groups is 1. The van der Waals surface area contributed by atoms with E-state index in [0.29, 0.717) is 25.3 Å². The standard InChI is InChI=1S/C13H12N4O4/c14-5-10(9-3-4-20-7-9)21-12(18)8-1-2-11-15-16-13(19)17(11)6-8/h1-2,6,9-10H,3-4,7H2,(H,16,19). The molecule has 3 heterocycles. The van der Waals surface area contributed by atoms with Crippen LogP contribution in [-0.4, -0.2) is 39.9 Å². The number of aromatic amines is 1. The first-order valence-corrected chi connectivity index (χ1v) is 6.44. The SMILES string of the molecule is N#CC(OC(=O)c1ccc2n[nH]c(=O)n2c1)C1CCOC1. The first kappa shape index (κ1) is 13.3. The Morgan fingerprint density at radius 1 is 1.62 bits per heavy atom. The number of nitrogens with one attached hydrogen (secondary N) is 1. The monoisotopic (exact) mass is 288 g/mol. The average Bonchev–Trinajstić information content (AvgIpc) is 3.15. The van der Waals surface area contributed by atoms with Crippen molar-refractivity contribution < 1.29 is 14.3 Å². The lowest BCUT2D eigenvalue weighted by molar-refractivity contribution is 0.0276. The predicted octanol–water partition coefficient (Wildman–Crippen LogP) is 0.108. The zero-order valence-electron chi connectivity index (χ0n) is 11.0. The Hall–Kier alpha value is -2.66. The minimum atomic E-state index is -0.850. The molecule has 2 aromatic rings. The van der Waals surface area contributed by atoms with E-state index in [9.17, 15) is 9.59 Å². The molecule has 2 atom stereocenters. The van der Waals surface area contributed by atoms with E-state index in [-0.39, 0.29) is 11.5 Å². The molecule has 8 heteroatoms. The summed E-state index contributed by atoms with van der Waals surface area (Å²) >= 11 is 0. The molecule has 108 valence electrons. The second kappa shape index (κ2) is 5.38. The number of nitriles is 1. The fourth-order valence-corrected chi connectivity index (χ4v) is 2.23. The zero-order valence-corrected chi connectivity index (χ0v) is 11.0. The number of hydrogen-bond donors (Lipinski definition) is 1. The number of ether oxygens (including phenoxy) is 2. The highest BCUT2D eigenvalue weighted by Gasteiger charge is 2.29. The van der Waals surface area contributed by atoms with Crippen molar-refractivity contribution in [2.24, 2.45) is 5.92 Å². The van der Waals surface area contributed by atoms with Gasteiger partial charge in [0.2, 0.25) is 0 Å². The van der Waals surface area contributed by atoms with Gasteiger partial charge >= 0.3 is 11.7 Å². The van der Waals surface area contributed by atoms with Gasteiger partial charge in [-0.1, -0.05) is 0 Å². The van der Waals surface area contributed by atoms with E-state index in [4.69, 9.17) is 14.7 Å². The van der Waals surface area contributed by atoms with Gasteiger partial charge in [-0.3, -0.25) is 0 Å². The lowest BCUT2D eigenvalue weighted by atomic mass is 10.0. The first-order chi connectivity index (χ1) is 10.2. The van der Waals surface area contributed by atoms with Crippen molar-refractivity contribution in [2.45, 2.75) is 12.5 Å². The van der Waals surface area contributed by atoms with Gasteiger partial charge in [0, 0.05) is 18.7 Å². The number of rotatable bonds is 3. The highest BCUT2D eigenvalue weighted by atomic mass is 16.5. The fourth-order valence-electron chi connectivity index (χ4n) is 2.23. The number of pyridine rings is 1. The number of H-pyrrole nitrogens is 1. The van der Waals surface area contributed by atoms with Crippen LogP contribution in [0.15, 0.2) is 23.1 Å². The molecule has 0 aromatic carbocycles. The molecule has 0 bridgehead atoms. The Bertz CT molecular complexity index is 766. The first-order valence-electron chi connectivity index (χ1n) is 6.44. The lowest BCUT2D eigenvalue weighted by Gasteiger charge is -2.15. The van der Waals surface area contributed by atoms with Crippen LogP contribution < -0.4 is 5.69 Å². The van der Waals surface area contributed by atoms with Crippen molar-refractivity contribution in [3.05, 3.63) is 34.4 Å². The van der Waals surface area contributed by atoms with E-state index in [1.54, 1.807) is 0 Å². The number of carbonyl (C=O) groups excluding carboxylic acids is 1. The second-order valence-electron chi connectivity index (χ2n) is 4.75. The third-order valence-corrected chi connectivity index (χ3v) is 3.40. The topological polar surface area (TPSA) is 109 Å². The zero-order chi connectivity index (χ0) is 14.8. The van der Waals surface area contributed by atoms with Crippen molar-refractivity contribution in [1.82, 2.24) is 14.6 Å². The van der Waals surface area contributed by atoms with E-state index < -0.39 is 17.8 Å².